The lowest BCUT2D eigenvalue weighted by atomic mass is 10.2. The van der Waals surface area contributed by atoms with Crippen LogP contribution in [-0.4, -0.2) is 29.6 Å². The van der Waals surface area contributed by atoms with Crippen molar-refractivity contribution in [3.05, 3.63) is 29.3 Å². The number of carboxylic acids is 1. The molecule has 2 N–H and O–H groups in total. The highest BCUT2D eigenvalue weighted by molar-refractivity contribution is 6.32. The standard InChI is InChI=1S/C14H18ClNO4/c1-2-11(14(18)19)16-13(17)8-5-9-20-12-7-4-3-6-10(12)15/h3-4,6-7,11H,2,5,8-9H2,1H3,(H,16,17)(H,18,19). The number of carboxylic acid groups (broad SMARTS) is 1. The number of aliphatic carboxylic acids is 1. The average Bonchev–Trinajstić information content (AvgIpc) is 2.42. The van der Waals surface area contributed by atoms with E-state index in [1.54, 1.807) is 25.1 Å². The maximum Gasteiger partial charge on any atom is 0.326 e. The Bertz CT molecular complexity index is 464. The molecule has 6 heteroatoms. The Kier molecular flexibility index (Phi) is 6.87. The predicted octanol–water partition coefficient (Wildman–Crippen LogP) is 2.48. The summed E-state index contributed by atoms with van der Waals surface area (Å²) < 4.78 is 5.44. The Hall–Kier alpha value is -1.75. The molecular formula is C14H18ClNO4. The molecule has 5 nitrogen and oxygen atoms in total. The molecule has 1 aromatic carbocycles. The molecule has 1 amide bonds. The van der Waals surface area contributed by atoms with Crippen LogP contribution in [0.3, 0.4) is 0 Å². The summed E-state index contributed by atoms with van der Waals surface area (Å²) in [5.74, 6) is -0.735. The normalized spacial score (nSPS) is 11.7. The molecular weight excluding hydrogens is 282 g/mol. The maximum absolute atomic E-state index is 11.5. The Morgan fingerprint density at radius 3 is 2.70 bits per heavy atom. The number of carbonyl (C=O) groups excluding carboxylic acids is 1. The van der Waals surface area contributed by atoms with Crippen LogP contribution in [0.5, 0.6) is 5.75 Å². The topological polar surface area (TPSA) is 75.6 Å². The van der Waals surface area contributed by atoms with Gasteiger partial charge in [0.05, 0.1) is 11.6 Å². The lowest BCUT2D eigenvalue weighted by Gasteiger charge is -2.12. The number of carbonyl (C=O) groups is 2. The van der Waals surface area contributed by atoms with Gasteiger partial charge in [-0.1, -0.05) is 30.7 Å². The van der Waals surface area contributed by atoms with Crippen molar-refractivity contribution >= 4 is 23.5 Å². The molecule has 0 saturated carbocycles. The largest absolute Gasteiger partial charge is 0.492 e. The number of para-hydroxylation sites is 1. The van der Waals surface area contributed by atoms with Crippen molar-refractivity contribution in [1.29, 1.82) is 0 Å². The van der Waals surface area contributed by atoms with E-state index >= 15 is 0 Å². The molecule has 0 aliphatic heterocycles. The highest BCUT2D eigenvalue weighted by Gasteiger charge is 2.16. The van der Waals surface area contributed by atoms with Crippen molar-refractivity contribution in [2.45, 2.75) is 32.2 Å². The number of nitrogens with one attached hydrogen (secondary N) is 1. The fourth-order valence-corrected chi connectivity index (χ4v) is 1.77. The highest BCUT2D eigenvalue weighted by Crippen LogP contribution is 2.23. The summed E-state index contributed by atoms with van der Waals surface area (Å²) in [5, 5.41) is 11.8. The van der Waals surface area contributed by atoms with E-state index in [2.05, 4.69) is 5.32 Å². The maximum atomic E-state index is 11.5. The average molecular weight is 300 g/mol. The second-order valence-corrected chi connectivity index (χ2v) is 4.66. The highest BCUT2D eigenvalue weighted by atomic mass is 35.5. The molecule has 0 saturated heterocycles. The molecule has 0 aromatic heterocycles. The second-order valence-electron chi connectivity index (χ2n) is 4.25. The molecule has 0 fully saturated rings. The summed E-state index contributed by atoms with van der Waals surface area (Å²) >= 11 is 5.92. The third-order valence-electron chi connectivity index (χ3n) is 2.68. The number of amides is 1. The first-order chi connectivity index (χ1) is 9.54. The van der Waals surface area contributed by atoms with Crippen molar-refractivity contribution in [3.63, 3.8) is 0 Å². The van der Waals surface area contributed by atoms with Gasteiger partial charge >= 0.3 is 5.97 Å². The molecule has 0 heterocycles. The third kappa shape index (κ3) is 5.48. The molecule has 1 aromatic rings. The molecule has 1 atom stereocenters. The van der Waals surface area contributed by atoms with E-state index < -0.39 is 12.0 Å². The first-order valence-corrected chi connectivity index (χ1v) is 6.82. The molecule has 0 radical (unpaired) electrons. The van der Waals surface area contributed by atoms with Gasteiger partial charge in [-0.05, 0) is 25.0 Å². The van der Waals surface area contributed by atoms with Crippen LogP contribution < -0.4 is 10.1 Å². The minimum absolute atomic E-state index is 0.217. The lowest BCUT2D eigenvalue weighted by Crippen LogP contribution is -2.40. The monoisotopic (exact) mass is 299 g/mol. The minimum atomic E-state index is -1.02. The van der Waals surface area contributed by atoms with Gasteiger partial charge in [-0.15, -0.1) is 0 Å². The minimum Gasteiger partial charge on any atom is -0.492 e. The molecule has 20 heavy (non-hydrogen) atoms. The number of hydrogen-bond donors (Lipinski definition) is 2. The van der Waals surface area contributed by atoms with E-state index in [-0.39, 0.29) is 12.3 Å². The zero-order valence-corrected chi connectivity index (χ0v) is 12.0. The van der Waals surface area contributed by atoms with Gasteiger partial charge in [-0.25, -0.2) is 4.79 Å². The van der Waals surface area contributed by atoms with E-state index in [4.69, 9.17) is 21.4 Å². The van der Waals surface area contributed by atoms with Gasteiger partial charge in [0.2, 0.25) is 5.91 Å². The Labute approximate surface area is 122 Å². The number of benzene rings is 1. The summed E-state index contributed by atoms with van der Waals surface area (Å²) in [6.45, 7) is 2.06. The van der Waals surface area contributed by atoms with Gasteiger partial charge in [-0.3, -0.25) is 4.79 Å². The van der Waals surface area contributed by atoms with Gasteiger partial charge in [0.15, 0.2) is 0 Å². The number of hydrogen-bond acceptors (Lipinski definition) is 3. The smallest absolute Gasteiger partial charge is 0.326 e. The summed E-state index contributed by atoms with van der Waals surface area (Å²) in [4.78, 5) is 22.3. The molecule has 1 rings (SSSR count). The van der Waals surface area contributed by atoms with Crippen LogP contribution in [0.2, 0.25) is 5.02 Å². The van der Waals surface area contributed by atoms with E-state index in [1.165, 1.54) is 0 Å². The lowest BCUT2D eigenvalue weighted by molar-refractivity contribution is -0.141. The molecule has 110 valence electrons. The van der Waals surface area contributed by atoms with Gasteiger partial charge in [0, 0.05) is 6.42 Å². The van der Waals surface area contributed by atoms with E-state index in [0.717, 1.165) is 0 Å². The van der Waals surface area contributed by atoms with E-state index in [1.807, 2.05) is 6.07 Å². The predicted molar refractivity (Wildman–Crippen MR) is 76.0 cm³/mol. The van der Waals surface area contributed by atoms with Gasteiger partial charge in [0.25, 0.3) is 0 Å². The van der Waals surface area contributed by atoms with Crippen LogP contribution in [0.25, 0.3) is 0 Å². The number of ether oxygens (including phenoxy) is 1. The second kappa shape index (κ2) is 8.43. The quantitative estimate of drug-likeness (QED) is 0.723. The van der Waals surface area contributed by atoms with Gasteiger partial charge < -0.3 is 15.2 Å². The Morgan fingerprint density at radius 1 is 1.40 bits per heavy atom. The molecule has 0 aliphatic carbocycles. The van der Waals surface area contributed by atoms with Crippen molar-refractivity contribution in [3.8, 4) is 5.75 Å². The zero-order chi connectivity index (χ0) is 15.0. The zero-order valence-electron chi connectivity index (χ0n) is 11.3. The third-order valence-corrected chi connectivity index (χ3v) is 3.00. The SMILES string of the molecule is CCC(NC(=O)CCCOc1ccccc1Cl)C(=O)O. The molecule has 0 aliphatic rings. The van der Waals surface area contributed by atoms with E-state index in [9.17, 15) is 9.59 Å². The summed E-state index contributed by atoms with van der Waals surface area (Å²) in [6.07, 6.45) is 1.07. The molecule has 0 spiro atoms. The van der Waals surface area contributed by atoms with Crippen LogP contribution in [-0.2, 0) is 9.59 Å². The van der Waals surface area contributed by atoms with Crippen LogP contribution >= 0.6 is 11.6 Å². The number of halogens is 1. The first-order valence-electron chi connectivity index (χ1n) is 6.44. The summed E-state index contributed by atoms with van der Waals surface area (Å²) in [7, 11) is 0. The fourth-order valence-electron chi connectivity index (χ4n) is 1.58. The summed E-state index contributed by atoms with van der Waals surface area (Å²) in [6, 6.07) is 6.26. The van der Waals surface area contributed by atoms with Gasteiger partial charge in [0.1, 0.15) is 11.8 Å². The summed E-state index contributed by atoms with van der Waals surface area (Å²) in [5.41, 5.74) is 0. The Balaban J connectivity index is 2.26. The first kappa shape index (κ1) is 16.3. The van der Waals surface area contributed by atoms with Crippen molar-refractivity contribution in [1.82, 2.24) is 5.32 Å². The van der Waals surface area contributed by atoms with Crippen molar-refractivity contribution in [2.24, 2.45) is 0 Å². The molecule has 1 unspecified atom stereocenters. The van der Waals surface area contributed by atoms with Gasteiger partial charge in [-0.2, -0.15) is 0 Å². The van der Waals surface area contributed by atoms with E-state index in [0.29, 0.717) is 30.2 Å². The fraction of sp³-hybridized carbons (Fsp3) is 0.429. The van der Waals surface area contributed by atoms with Crippen molar-refractivity contribution in [2.75, 3.05) is 6.61 Å². The van der Waals surface area contributed by atoms with Crippen LogP contribution in [0.15, 0.2) is 24.3 Å². The number of rotatable bonds is 8. The Morgan fingerprint density at radius 2 is 2.10 bits per heavy atom. The molecule has 0 bridgehead atoms. The van der Waals surface area contributed by atoms with Crippen LogP contribution in [0.4, 0.5) is 0 Å². The van der Waals surface area contributed by atoms with Crippen molar-refractivity contribution < 1.29 is 19.4 Å². The van der Waals surface area contributed by atoms with Crippen LogP contribution in [0.1, 0.15) is 26.2 Å². The van der Waals surface area contributed by atoms with Crippen LogP contribution in [0, 0.1) is 0 Å².